The number of carbonyl (C=O) groups excluding carboxylic acids is 2. The fourth-order valence-electron chi connectivity index (χ4n) is 1.85. The van der Waals surface area contributed by atoms with E-state index in [1.165, 1.54) is 0 Å². The van der Waals surface area contributed by atoms with Gasteiger partial charge in [0, 0.05) is 37.3 Å². The van der Waals surface area contributed by atoms with Gasteiger partial charge >= 0.3 is 0 Å². The number of nitrogens with zero attached hydrogens (tertiary/aromatic N) is 1. The zero-order valence-corrected chi connectivity index (χ0v) is 13.5. The molecule has 2 amide bonds. The highest BCUT2D eigenvalue weighted by Crippen LogP contribution is 2.18. The Labute approximate surface area is 131 Å². The van der Waals surface area contributed by atoms with Crippen LogP contribution in [0.4, 0.5) is 5.69 Å². The standard InChI is InChI=1S/C16H25N3O3/c1-4-19(5-2)15(20)11-22-14-8-6-7-13(9-14)18-16(21)12(3)10-17/h6-9,12H,4-5,10-11,17H2,1-3H3,(H,18,21). The van der Waals surface area contributed by atoms with Gasteiger partial charge in [-0.25, -0.2) is 0 Å². The largest absolute Gasteiger partial charge is 0.484 e. The normalized spacial score (nSPS) is 11.6. The summed E-state index contributed by atoms with van der Waals surface area (Å²) in [5.74, 6) is 0.0857. The van der Waals surface area contributed by atoms with Crippen LogP contribution in [0.25, 0.3) is 0 Å². The minimum absolute atomic E-state index is 0.0156. The third kappa shape index (κ3) is 5.37. The van der Waals surface area contributed by atoms with E-state index >= 15 is 0 Å². The zero-order valence-electron chi connectivity index (χ0n) is 13.5. The van der Waals surface area contributed by atoms with Crippen molar-refractivity contribution in [2.45, 2.75) is 20.8 Å². The SMILES string of the molecule is CCN(CC)C(=O)COc1cccc(NC(=O)C(C)CN)c1. The van der Waals surface area contributed by atoms with Crippen LogP contribution in [0.2, 0.25) is 0 Å². The van der Waals surface area contributed by atoms with E-state index in [1.807, 2.05) is 13.8 Å². The minimum Gasteiger partial charge on any atom is -0.484 e. The van der Waals surface area contributed by atoms with Gasteiger partial charge in [-0.1, -0.05) is 13.0 Å². The van der Waals surface area contributed by atoms with E-state index in [-0.39, 0.29) is 24.3 Å². The van der Waals surface area contributed by atoms with Gasteiger partial charge in [0.1, 0.15) is 5.75 Å². The predicted octanol–water partition coefficient (Wildman–Crippen LogP) is 1.47. The lowest BCUT2D eigenvalue weighted by Crippen LogP contribution is -2.34. The molecular weight excluding hydrogens is 282 g/mol. The number of amides is 2. The van der Waals surface area contributed by atoms with Gasteiger partial charge in [0.05, 0.1) is 0 Å². The van der Waals surface area contributed by atoms with Crippen LogP contribution in [0.5, 0.6) is 5.75 Å². The van der Waals surface area contributed by atoms with E-state index in [9.17, 15) is 9.59 Å². The molecule has 22 heavy (non-hydrogen) atoms. The van der Waals surface area contributed by atoms with Crippen molar-refractivity contribution in [1.82, 2.24) is 4.90 Å². The maximum atomic E-state index is 11.9. The van der Waals surface area contributed by atoms with Gasteiger partial charge in [-0.2, -0.15) is 0 Å². The summed E-state index contributed by atoms with van der Waals surface area (Å²) in [6.07, 6.45) is 0. The molecule has 0 aromatic heterocycles. The Bertz CT molecular complexity index is 501. The van der Waals surface area contributed by atoms with Crippen molar-refractivity contribution in [3.05, 3.63) is 24.3 Å². The van der Waals surface area contributed by atoms with Crippen molar-refractivity contribution in [2.24, 2.45) is 11.7 Å². The summed E-state index contributed by atoms with van der Waals surface area (Å²) in [5, 5.41) is 2.77. The summed E-state index contributed by atoms with van der Waals surface area (Å²) in [5.41, 5.74) is 6.09. The average Bonchev–Trinajstić information content (AvgIpc) is 2.53. The monoisotopic (exact) mass is 307 g/mol. The Morgan fingerprint density at radius 2 is 2.00 bits per heavy atom. The number of anilines is 1. The molecule has 6 nitrogen and oxygen atoms in total. The highest BCUT2D eigenvalue weighted by Gasteiger charge is 2.12. The molecule has 0 bridgehead atoms. The molecule has 1 atom stereocenters. The van der Waals surface area contributed by atoms with Crippen LogP contribution in [-0.2, 0) is 9.59 Å². The number of carbonyl (C=O) groups is 2. The lowest BCUT2D eigenvalue weighted by Gasteiger charge is -2.18. The van der Waals surface area contributed by atoms with E-state index in [4.69, 9.17) is 10.5 Å². The number of nitrogens with two attached hydrogens (primary N) is 1. The van der Waals surface area contributed by atoms with Crippen molar-refractivity contribution in [3.63, 3.8) is 0 Å². The molecule has 1 unspecified atom stereocenters. The molecule has 122 valence electrons. The number of rotatable bonds is 8. The van der Waals surface area contributed by atoms with Gasteiger partial charge in [0.2, 0.25) is 5.91 Å². The van der Waals surface area contributed by atoms with Gasteiger partial charge in [0.15, 0.2) is 6.61 Å². The molecule has 0 saturated carbocycles. The molecule has 0 aliphatic heterocycles. The maximum absolute atomic E-state index is 11.9. The Kier molecular flexibility index (Phi) is 7.39. The topological polar surface area (TPSA) is 84.7 Å². The Morgan fingerprint density at radius 1 is 1.32 bits per heavy atom. The first-order valence-electron chi connectivity index (χ1n) is 7.53. The molecule has 1 rings (SSSR count). The molecule has 0 fully saturated rings. The van der Waals surface area contributed by atoms with Crippen molar-refractivity contribution in [2.75, 3.05) is 31.6 Å². The van der Waals surface area contributed by atoms with E-state index < -0.39 is 0 Å². The molecule has 0 spiro atoms. The molecule has 0 aliphatic carbocycles. The smallest absolute Gasteiger partial charge is 0.260 e. The molecule has 1 aromatic rings. The Morgan fingerprint density at radius 3 is 2.59 bits per heavy atom. The summed E-state index contributed by atoms with van der Waals surface area (Å²) in [6.45, 7) is 7.21. The molecule has 6 heteroatoms. The first-order valence-corrected chi connectivity index (χ1v) is 7.53. The number of hydrogen-bond acceptors (Lipinski definition) is 4. The molecule has 0 heterocycles. The van der Waals surface area contributed by atoms with Crippen molar-refractivity contribution in [1.29, 1.82) is 0 Å². The Balaban J connectivity index is 2.61. The third-order valence-electron chi connectivity index (χ3n) is 3.38. The number of nitrogens with one attached hydrogen (secondary N) is 1. The summed E-state index contributed by atoms with van der Waals surface area (Å²) in [6, 6.07) is 6.97. The van der Waals surface area contributed by atoms with Crippen molar-refractivity contribution >= 4 is 17.5 Å². The van der Waals surface area contributed by atoms with Crippen LogP contribution in [0.3, 0.4) is 0 Å². The second-order valence-corrected chi connectivity index (χ2v) is 5.01. The minimum atomic E-state index is -0.256. The van der Waals surface area contributed by atoms with E-state index in [0.29, 0.717) is 31.1 Å². The van der Waals surface area contributed by atoms with Crippen LogP contribution >= 0.6 is 0 Å². The fourth-order valence-corrected chi connectivity index (χ4v) is 1.85. The van der Waals surface area contributed by atoms with Gasteiger partial charge in [0.25, 0.3) is 5.91 Å². The predicted molar refractivity (Wildman–Crippen MR) is 86.7 cm³/mol. The van der Waals surface area contributed by atoms with Crippen molar-refractivity contribution in [3.8, 4) is 5.75 Å². The molecule has 0 saturated heterocycles. The number of hydrogen-bond donors (Lipinski definition) is 2. The first kappa shape index (κ1) is 18.0. The zero-order chi connectivity index (χ0) is 16.5. The van der Waals surface area contributed by atoms with E-state index in [0.717, 1.165) is 0 Å². The van der Waals surface area contributed by atoms with E-state index in [1.54, 1.807) is 36.1 Å². The van der Waals surface area contributed by atoms with Crippen LogP contribution < -0.4 is 15.8 Å². The summed E-state index contributed by atoms with van der Waals surface area (Å²) in [7, 11) is 0. The second-order valence-electron chi connectivity index (χ2n) is 5.01. The molecule has 3 N–H and O–H groups in total. The lowest BCUT2D eigenvalue weighted by molar-refractivity contribution is -0.133. The van der Waals surface area contributed by atoms with Gasteiger partial charge in [-0.05, 0) is 26.0 Å². The fraction of sp³-hybridized carbons (Fsp3) is 0.500. The van der Waals surface area contributed by atoms with Crippen LogP contribution in [0.1, 0.15) is 20.8 Å². The van der Waals surface area contributed by atoms with E-state index in [2.05, 4.69) is 5.32 Å². The molecule has 1 aromatic carbocycles. The second kappa shape index (κ2) is 9.04. The maximum Gasteiger partial charge on any atom is 0.260 e. The summed E-state index contributed by atoms with van der Waals surface area (Å²) < 4.78 is 5.49. The highest BCUT2D eigenvalue weighted by molar-refractivity contribution is 5.92. The number of likely N-dealkylation sites (N-methyl/N-ethyl adjacent to an activating group) is 1. The summed E-state index contributed by atoms with van der Waals surface area (Å²) in [4.78, 5) is 25.4. The molecule has 0 radical (unpaired) electrons. The third-order valence-corrected chi connectivity index (χ3v) is 3.38. The molecule has 0 aliphatic rings. The average molecular weight is 307 g/mol. The van der Waals surface area contributed by atoms with Gasteiger partial charge in [-0.15, -0.1) is 0 Å². The quantitative estimate of drug-likeness (QED) is 0.761. The van der Waals surface area contributed by atoms with Gasteiger partial charge in [-0.3, -0.25) is 9.59 Å². The Hall–Kier alpha value is -2.08. The summed E-state index contributed by atoms with van der Waals surface area (Å²) >= 11 is 0. The first-order chi connectivity index (χ1) is 10.5. The molecular formula is C16H25N3O3. The van der Waals surface area contributed by atoms with Gasteiger partial charge < -0.3 is 20.7 Å². The number of ether oxygens (including phenoxy) is 1. The van der Waals surface area contributed by atoms with Crippen LogP contribution in [0, 0.1) is 5.92 Å². The van der Waals surface area contributed by atoms with Crippen LogP contribution in [-0.4, -0.2) is 43.0 Å². The van der Waals surface area contributed by atoms with Crippen molar-refractivity contribution < 1.29 is 14.3 Å². The van der Waals surface area contributed by atoms with Crippen LogP contribution in [0.15, 0.2) is 24.3 Å². The highest BCUT2D eigenvalue weighted by atomic mass is 16.5. The number of benzene rings is 1. The lowest BCUT2D eigenvalue weighted by atomic mass is 10.1.